The molecule has 3 aromatic carbocycles. The number of ether oxygens (including phenoxy) is 1. The summed E-state index contributed by atoms with van der Waals surface area (Å²) in [5.74, 6) is 0.744. The molecular formula is C24H21NO3. The fourth-order valence-electron chi connectivity index (χ4n) is 3.28. The third kappa shape index (κ3) is 3.49. The maximum atomic E-state index is 13.1. The van der Waals surface area contributed by atoms with Gasteiger partial charge in [-0.1, -0.05) is 54.6 Å². The van der Waals surface area contributed by atoms with Crippen LogP contribution < -0.4 is 10.1 Å². The lowest BCUT2D eigenvalue weighted by Crippen LogP contribution is -2.15. The lowest BCUT2D eigenvalue weighted by atomic mass is 10.1. The first-order valence-electron chi connectivity index (χ1n) is 9.19. The molecule has 4 aromatic rings. The largest absolute Gasteiger partial charge is 0.489 e. The number of carbonyl (C=O) groups is 1. The summed E-state index contributed by atoms with van der Waals surface area (Å²) < 4.78 is 11.8. The number of hydrogen-bond acceptors (Lipinski definition) is 3. The number of hydrogen-bond donors (Lipinski definition) is 1. The van der Waals surface area contributed by atoms with Gasteiger partial charge in [0.1, 0.15) is 17.9 Å². The first kappa shape index (κ1) is 17.9. The minimum atomic E-state index is -0.278. The first-order chi connectivity index (χ1) is 13.6. The monoisotopic (exact) mass is 371 g/mol. The van der Waals surface area contributed by atoms with Crippen LogP contribution in [-0.2, 0) is 6.61 Å². The molecule has 0 fully saturated rings. The fourth-order valence-corrected chi connectivity index (χ4v) is 3.28. The van der Waals surface area contributed by atoms with Gasteiger partial charge in [-0.2, -0.15) is 0 Å². The smallest absolute Gasteiger partial charge is 0.291 e. The molecule has 4 heteroatoms. The van der Waals surface area contributed by atoms with Gasteiger partial charge in [0, 0.05) is 16.6 Å². The Labute approximate surface area is 163 Å². The number of rotatable bonds is 5. The van der Waals surface area contributed by atoms with Crippen molar-refractivity contribution in [3.63, 3.8) is 0 Å². The molecule has 140 valence electrons. The van der Waals surface area contributed by atoms with Crippen molar-refractivity contribution in [2.75, 3.05) is 5.32 Å². The Kier molecular flexibility index (Phi) is 4.85. The highest BCUT2D eigenvalue weighted by atomic mass is 16.5. The third-order valence-electron chi connectivity index (χ3n) is 4.75. The summed E-state index contributed by atoms with van der Waals surface area (Å²) in [7, 11) is 0. The lowest BCUT2D eigenvalue weighted by molar-refractivity contribution is 0.0995. The highest BCUT2D eigenvalue weighted by Gasteiger charge is 2.22. The van der Waals surface area contributed by atoms with Crippen molar-refractivity contribution in [3.05, 3.63) is 95.2 Å². The number of para-hydroxylation sites is 3. The number of fused-ring (bicyclic) bond motifs is 1. The van der Waals surface area contributed by atoms with Gasteiger partial charge in [0.15, 0.2) is 5.76 Å². The van der Waals surface area contributed by atoms with Crippen molar-refractivity contribution < 1.29 is 13.9 Å². The predicted octanol–water partition coefficient (Wildman–Crippen LogP) is 5.88. The number of anilines is 1. The Morgan fingerprint density at radius 3 is 2.32 bits per heavy atom. The van der Waals surface area contributed by atoms with E-state index in [1.165, 1.54) is 0 Å². The Hall–Kier alpha value is -3.53. The molecule has 1 N–H and O–H groups in total. The van der Waals surface area contributed by atoms with Gasteiger partial charge in [0.2, 0.25) is 0 Å². The highest BCUT2D eigenvalue weighted by Crippen LogP contribution is 2.29. The van der Waals surface area contributed by atoms with Gasteiger partial charge in [0.25, 0.3) is 5.91 Å². The molecular weight excluding hydrogens is 350 g/mol. The molecule has 0 bridgehead atoms. The second-order valence-electron chi connectivity index (χ2n) is 6.73. The zero-order valence-corrected chi connectivity index (χ0v) is 15.9. The van der Waals surface area contributed by atoms with E-state index in [0.717, 1.165) is 33.5 Å². The van der Waals surface area contributed by atoms with Gasteiger partial charge < -0.3 is 14.5 Å². The molecule has 4 rings (SSSR count). The summed E-state index contributed by atoms with van der Waals surface area (Å²) >= 11 is 0. The topological polar surface area (TPSA) is 51.5 Å². The average molecular weight is 371 g/mol. The standard InChI is InChI=1S/C24H21NO3/c1-16-9-8-10-17(2)22(16)25-24(26)23-20(15-27-18-11-4-3-5-12-18)19-13-6-7-14-21(19)28-23/h3-14H,15H2,1-2H3,(H,25,26). The lowest BCUT2D eigenvalue weighted by Gasteiger charge is -2.11. The number of furan rings is 1. The normalized spacial score (nSPS) is 10.8. The number of amides is 1. The van der Waals surface area contributed by atoms with Crippen LogP contribution in [-0.4, -0.2) is 5.91 Å². The van der Waals surface area contributed by atoms with Crippen LogP contribution in [0.4, 0.5) is 5.69 Å². The maximum Gasteiger partial charge on any atom is 0.291 e. The maximum absolute atomic E-state index is 13.1. The van der Waals surface area contributed by atoms with Gasteiger partial charge in [-0.25, -0.2) is 0 Å². The summed E-state index contributed by atoms with van der Waals surface area (Å²) in [6.07, 6.45) is 0. The Morgan fingerprint density at radius 1 is 0.893 bits per heavy atom. The molecule has 0 atom stereocenters. The SMILES string of the molecule is Cc1cccc(C)c1NC(=O)c1oc2ccccc2c1COc1ccccc1. The van der Waals surface area contributed by atoms with Gasteiger partial charge in [-0.15, -0.1) is 0 Å². The number of carbonyl (C=O) groups excluding carboxylic acids is 1. The van der Waals surface area contributed by atoms with Crippen LogP contribution in [0.5, 0.6) is 5.75 Å². The zero-order valence-electron chi connectivity index (χ0n) is 15.9. The minimum Gasteiger partial charge on any atom is -0.489 e. The summed E-state index contributed by atoms with van der Waals surface area (Å²) in [4.78, 5) is 13.1. The van der Waals surface area contributed by atoms with Gasteiger partial charge >= 0.3 is 0 Å². The molecule has 1 aromatic heterocycles. The van der Waals surface area contributed by atoms with E-state index in [1.54, 1.807) is 0 Å². The molecule has 0 aliphatic heterocycles. The van der Waals surface area contributed by atoms with Crippen LogP contribution in [0, 0.1) is 13.8 Å². The van der Waals surface area contributed by atoms with Crippen LogP contribution in [0.1, 0.15) is 27.2 Å². The van der Waals surface area contributed by atoms with E-state index < -0.39 is 0 Å². The first-order valence-corrected chi connectivity index (χ1v) is 9.19. The molecule has 0 aliphatic carbocycles. The summed E-state index contributed by atoms with van der Waals surface area (Å²) in [5.41, 5.74) is 4.23. The van der Waals surface area contributed by atoms with E-state index in [9.17, 15) is 4.79 Å². The molecule has 1 amide bonds. The highest BCUT2D eigenvalue weighted by molar-refractivity contribution is 6.07. The van der Waals surface area contributed by atoms with Crippen LogP contribution in [0.25, 0.3) is 11.0 Å². The van der Waals surface area contributed by atoms with Gasteiger partial charge in [-0.3, -0.25) is 4.79 Å². The van der Waals surface area contributed by atoms with Crippen LogP contribution in [0.3, 0.4) is 0 Å². The molecule has 0 saturated carbocycles. The van der Waals surface area contributed by atoms with E-state index in [0.29, 0.717) is 5.58 Å². The molecule has 0 radical (unpaired) electrons. The molecule has 0 spiro atoms. The molecule has 4 nitrogen and oxygen atoms in total. The van der Waals surface area contributed by atoms with Gasteiger partial charge in [0.05, 0.1) is 0 Å². The predicted molar refractivity (Wildman–Crippen MR) is 111 cm³/mol. The van der Waals surface area contributed by atoms with E-state index in [2.05, 4.69) is 5.32 Å². The Balaban J connectivity index is 1.68. The second-order valence-corrected chi connectivity index (χ2v) is 6.73. The summed E-state index contributed by atoms with van der Waals surface area (Å²) in [5, 5.41) is 3.89. The van der Waals surface area contributed by atoms with Crippen molar-refractivity contribution >= 4 is 22.6 Å². The summed E-state index contributed by atoms with van der Waals surface area (Å²) in [6.45, 7) is 4.19. The van der Waals surface area contributed by atoms with E-state index >= 15 is 0 Å². The molecule has 0 aliphatic rings. The van der Waals surface area contributed by atoms with E-state index in [-0.39, 0.29) is 18.3 Å². The summed E-state index contributed by atoms with van der Waals surface area (Å²) in [6, 6.07) is 23.1. The van der Waals surface area contributed by atoms with Crippen molar-refractivity contribution in [1.82, 2.24) is 0 Å². The Morgan fingerprint density at radius 2 is 1.57 bits per heavy atom. The zero-order chi connectivity index (χ0) is 19.5. The molecule has 28 heavy (non-hydrogen) atoms. The number of benzene rings is 3. The van der Waals surface area contributed by atoms with Crippen molar-refractivity contribution in [2.45, 2.75) is 20.5 Å². The minimum absolute atomic E-state index is 0.247. The van der Waals surface area contributed by atoms with Gasteiger partial charge in [-0.05, 0) is 43.2 Å². The second kappa shape index (κ2) is 7.61. The van der Waals surface area contributed by atoms with Crippen LogP contribution in [0.2, 0.25) is 0 Å². The molecule has 0 saturated heterocycles. The fraction of sp³-hybridized carbons (Fsp3) is 0.125. The number of nitrogens with one attached hydrogen (secondary N) is 1. The van der Waals surface area contributed by atoms with Crippen molar-refractivity contribution in [2.24, 2.45) is 0 Å². The van der Waals surface area contributed by atoms with Crippen LogP contribution in [0.15, 0.2) is 77.2 Å². The van der Waals surface area contributed by atoms with Crippen molar-refractivity contribution in [1.29, 1.82) is 0 Å². The molecule has 0 unspecified atom stereocenters. The van der Waals surface area contributed by atoms with E-state index in [4.69, 9.17) is 9.15 Å². The number of aryl methyl sites for hydroxylation is 2. The quantitative estimate of drug-likeness (QED) is 0.476. The van der Waals surface area contributed by atoms with Crippen molar-refractivity contribution in [3.8, 4) is 5.75 Å². The third-order valence-corrected chi connectivity index (χ3v) is 4.75. The Bertz CT molecular complexity index is 1110. The van der Waals surface area contributed by atoms with Crippen LogP contribution >= 0.6 is 0 Å². The average Bonchev–Trinajstić information content (AvgIpc) is 3.09. The van der Waals surface area contributed by atoms with E-state index in [1.807, 2.05) is 86.6 Å². The molecule has 1 heterocycles.